The van der Waals surface area contributed by atoms with Crippen LogP contribution in [0.4, 0.5) is 29.7 Å². The maximum atomic E-state index is 12.8. The number of hydrogen-bond donors (Lipinski definition) is 2. The molecule has 1 amide bonds. The zero-order valence-electron chi connectivity index (χ0n) is 14.6. The summed E-state index contributed by atoms with van der Waals surface area (Å²) >= 11 is 7.24. The number of thiazole rings is 1. The standard InChI is InChI=1S/C19H15ClF3N3OS/c1-11-5-6-14(8-16(11)20)24-17(27)9-15-10-28-18(26-15)25-13-4-2-3-12(7-13)19(21,22)23/h2-8,10H,9H2,1H3,(H,24,27)(H,25,26). The van der Waals surface area contributed by atoms with Crippen molar-refractivity contribution in [3.05, 3.63) is 69.7 Å². The van der Waals surface area contributed by atoms with Crippen molar-refractivity contribution < 1.29 is 18.0 Å². The molecule has 0 radical (unpaired) electrons. The first-order chi connectivity index (χ1) is 13.2. The molecule has 1 heterocycles. The van der Waals surface area contributed by atoms with E-state index in [9.17, 15) is 18.0 Å². The highest BCUT2D eigenvalue weighted by Crippen LogP contribution is 2.32. The van der Waals surface area contributed by atoms with Gasteiger partial charge in [0.2, 0.25) is 5.91 Å². The Morgan fingerprint density at radius 3 is 2.68 bits per heavy atom. The van der Waals surface area contributed by atoms with Gasteiger partial charge in [0.15, 0.2) is 5.13 Å². The van der Waals surface area contributed by atoms with Crippen LogP contribution in [0, 0.1) is 6.92 Å². The van der Waals surface area contributed by atoms with Gasteiger partial charge in [0.25, 0.3) is 0 Å². The van der Waals surface area contributed by atoms with Gasteiger partial charge in [-0.3, -0.25) is 4.79 Å². The van der Waals surface area contributed by atoms with Crippen LogP contribution < -0.4 is 10.6 Å². The second-order valence-electron chi connectivity index (χ2n) is 6.04. The summed E-state index contributed by atoms with van der Waals surface area (Å²) in [5.74, 6) is -0.268. The number of hydrogen-bond acceptors (Lipinski definition) is 4. The van der Waals surface area contributed by atoms with E-state index in [1.807, 2.05) is 6.92 Å². The van der Waals surface area contributed by atoms with Gasteiger partial charge in [-0.1, -0.05) is 23.7 Å². The van der Waals surface area contributed by atoms with Gasteiger partial charge in [-0.25, -0.2) is 4.98 Å². The average molecular weight is 426 g/mol. The fraction of sp³-hybridized carbons (Fsp3) is 0.158. The third kappa shape index (κ3) is 5.24. The van der Waals surface area contributed by atoms with Crippen molar-refractivity contribution in [2.75, 3.05) is 10.6 Å². The highest BCUT2D eigenvalue weighted by Gasteiger charge is 2.30. The van der Waals surface area contributed by atoms with E-state index < -0.39 is 11.7 Å². The number of aromatic nitrogens is 1. The van der Waals surface area contributed by atoms with Crippen LogP contribution in [0.3, 0.4) is 0 Å². The van der Waals surface area contributed by atoms with E-state index in [1.165, 1.54) is 23.5 Å². The molecule has 0 aliphatic rings. The van der Waals surface area contributed by atoms with Crippen LogP contribution in [0.15, 0.2) is 47.8 Å². The third-order valence-corrected chi connectivity index (χ3v) is 5.00. The average Bonchev–Trinajstić information content (AvgIpc) is 3.04. The molecule has 1 aromatic heterocycles. The first kappa shape index (κ1) is 20.2. The van der Waals surface area contributed by atoms with Gasteiger partial charge >= 0.3 is 6.18 Å². The Morgan fingerprint density at radius 2 is 1.96 bits per heavy atom. The number of aryl methyl sites for hydroxylation is 1. The Labute approximate surface area is 168 Å². The van der Waals surface area contributed by atoms with Crippen molar-refractivity contribution in [2.45, 2.75) is 19.5 Å². The fourth-order valence-corrected chi connectivity index (χ4v) is 3.29. The number of anilines is 3. The lowest BCUT2D eigenvalue weighted by Gasteiger charge is -2.09. The molecule has 2 N–H and O–H groups in total. The summed E-state index contributed by atoms with van der Waals surface area (Å²) in [6, 6.07) is 10.1. The summed E-state index contributed by atoms with van der Waals surface area (Å²) in [4.78, 5) is 16.4. The zero-order valence-corrected chi connectivity index (χ0v) is 16.2. The van der Waals surface area contributed by atoms with Gasteiger partial charge < -0.3 is 10.6 Å². The summed E-state index contributed by atoms with van der Waals surface area (Å²) in [5.41, 5.74) is 1.53. The number of carbonyl (C=O) groups is 1. The number of alkyl halides is 3. The molecule has 0 fully saturated rings. The van der Waals surface area contributed by atoms with Crippen LogP contribution in [0.2, 0.25) is 5.02 Å². The topological polar surface area (TPSA) is 54.0 Å². The molecule has 9 heteroatoms. The third-order valence-electron chi connectivity index (χ3n) is 3.79. The summed E-state index contributed by atoms with van der Waals surface area (Å²) in [5, 5.41) is 8.21. The molecule has 0 atom stereocenters. The van der Waals surface area contributed by atoms with E-state index in [2.05, 4.69) is 15.6 Å². The van der Waals surface area contributed by atoms with Crippen molar-refractivity contribution in [2.24, 2.45) is 0 Å². The summed E-state index contributed by atoms with van der Waals surface area (Å²) in [6.07, 6.45) is -4.38. The molecule has 3 aromatic rings. The molecule has 0 saturated carbocycles. The van der Waals surface area contributed by atoms with E-state index in [0.29, 0.717) is 21.5 Å². The Bertz CT molecular complexity index is 1000. The molecule has 0 saturated heterocycles. The molecule has 146 valence electrons. The predicted octanol–water partition coefficient (Wildman–Crippen LogP) is 6.05. The van der Waals surface area contributed by atoms with Crippen LogP contribution in [0.25, 0.3) is 0 Å². The Kier molecular flexibility index (Phi) is 5.90. The van der Waals surface area contributed by atoms with Crippen LogP contribution in [-0.4, -0.2) is 10.9 Å². The number of amides is 1. The van der Waals surface area contributed by atoms with E-state index in [1.54, 1.807) is 23.6 Å². The molecular weight excluding hydrogens is 411 g/mol. The van der Waals surface area contributed by atoms with Crippen LogP contribution in [0.1, 0.15) is 16.8 Å². The van der Waals surface area contributed by atoms with Crippen molar-refractivity contribution >= 4 is 45.4 Å². The Hall–Kier alpha value is -2.58. The molecule has 4 nitrogen and oxygen atoms in total. The number of rotatable bonds is 5. The minimum Gasteiger partial charge on any atom is -0.332 e. The fourth-order valence-electron chi connectivity index (χ4n) is 2.38. The SMILES string of the molecule is Cc1ccc(NC(=O)Cc2csc(Nc3cccc(C(F)(F)F)c3)n2)cc1Cl. The smallest absolute Gasteiger partial charge is 0.332 e. The summed E-state index contributed by atoms with van der Waals surface area (Å²) in [7, 11) is 0. The van der Waals surface area contributed by atoms with E-state index in [4.69, 9.17) is 11.6 Å². The van der Waals surface area contributed by atoms with Crippen LogP contribution >= 0.6 is 22.9 Å². The highest BCUT2D eigenvalue weighted by molar-refractivity contribution is 7.13. The molecule has 0 aliphatic carbocycles. The molecule has 28 heavy (non-hydrogen) atoms. The van der Waals surface area contributed by atoms with E-state index in [-0.39, 0.29) is 18.0 Å². The van der Waals surface area contributed by atoms with Crippen LogP contribution in [0.5, 0.6) is 0 Å². The van der Waals surface area contributed by atoms with Gasteiger partial charge in [0.1, 0.15) is 0 Å². The quantitative estimate of drug-likeness (QED) is 0.523. The van der Waals surface area contributed by atoms with Crippen molar-refractivity contribution in [3.63, 3.8) is 0 Å². The highest BCUT2D eigenvalue weighted by atomic mass is 35.5. The summed E-state index contributed by atoms with van der Waals surface area (Å²) < 4.78 is 38.4. The molecule has 3 rings (SSSR count). The summed E-state index contributed by atoms with van der Waals surface area (Å²) in [6.45, 7) is 1.86. The molecule has 2 aromatic carbocycles. The van der Waals surface area contributed by atoms with Crippen molar-refractivity contribution in [1.82, 2.24) is 4.98 Å². The normalized spacial score (nSPS) is 11.3. The first-order valence-corrected chi connectivity index (χ1v) is 9.41. The number of nitrogens with one attached hydrogen (secondary N) is 2. The van der Waals surface area contributed by atoms with Crippen LogP contribution in [-0.2, 0) is 17.4 Å². The first-order valence-electron chi connectivity index (χ1n) is 8.15. The van der Waals surface area contributed by atoms with Crippen molar-refractivity contribution in [1.29, 1.82) is 0 Å². The maximum absolute atomic E-state index is 12.8. The lowest BCUT2D eigenvalue weighted by atomic mass is 10.2. The lowest BCUT2D eigenvalue weighted by Crippen LogP contribution is -2.14. The molecule has 0 aliphatic heterocycles. The number of carbonyl (C=O) groups excluding carboxylic acids is 1. The Balaban J connectivity index is 1.62. The minimum atomic E-state index is -4.41. The predicted molar refractivity (Wildman–Crippen MR) is 105 cm³/mol. The zero-order chi connectivity index (χ0) is 20.3. The van der Waals surface area contributed by atoms with Gasteiger partial charge in [-0.15, -0.1) is 11.3 Å². The van der Waals surface area contributed by atoms with Gasteiger partial charge in [0, 0.05) is 21.8 Å². The molecule has 0 unspecified atom stereocenters. The van der Waals surface area contributed by atoms with Crippen molar-refractivity contribution in [3.8, 4) is 0 Å². The van der Waals surface area contributed by atoms with Gasteiger partial charge in [-0.2, -0.15) is 13.2 Å². The van der Waals surface area contributed by atoms with E-state index >= 15 is 0 Å². The second kappa shape index (κ2) is 8.20. The Morgan fingerprint density at radius 1 is 1.18 bits per heavy atom. The lowest BCUT2D eigenvalue weighted by molar-refractivity contribution is -0.137. The number of benzene rings is 2. The largest absolute Gasteiger partial charge is 0.416 e. The molecular formula is C19H15ClF3N3OS. The number of nitrogens with zero attached hydrogens (tertiary/aromatic N) is 1. The second-order valence-corrected chi connectivity index (χ2v) is 7.30. The monoisotopic (exact) mass is 425 g/mol. The van der Waals surface area contributed by atoms with Gasteiger partial charge in [0.05, 0.1) is 17.7 Å². The van der Waals surface area contributed by atoms with Gasteiger partial charge in [-0.05, 0) is 42.8 Å². The maximum Gasteiger partial charge on any atom is 0.416 e. The molecule has 0 spiro atoms. The minimum absolute atomic E-state index is 0.0340. The van der Waals surface area contributed by atoms with E-state index in [0.717, 1.165) is 17.7 Å². The number of halogens is 4. The molecule has 0 bridgehead atoms.